The van der Waals surface area contributed by atoms with Crippen LogP contribution in [0.4, 0.5) is 0 Å². The van der Waals surface area contributed by atoms with E-state index in [9.17, 15) is 0 Å². The van der Waals surface area contributed by atoms with Gasteiger partial charge in [0.2, 0.25) is 0 Å². The highest BCUT2D eigenvalue weighted by Gasteiger charge is 2.37. The molecule has 2 unspecified atom stereocenters. The van der Waals surface area contributed by atoms with Crippen LogP contribution in [0.3, 0.4) is 0 Å². The third kappa shape index (κ3) is 2.40. The molecule has 82 valence electrons. The molecular weight excluding hydrogens is 182 g/mol. The van der Waals surface area contributed by atoms with Crippen LogP contribution in [0.25, 0.3) is 0 Å². The van der Waals surface area contributed by atoms with Gasteiger partial charge in [-0.3, -0.25) is 0 Å². The molecule has 2 atom stereocenters. The lowest BCUT2D eigenvalue weighted by Gasteiger charge is -2.06. The highest BCUT2D eigenvalue weighted by molar-refractivity contribution is 5.30. The molecule has 1 aliphatic rings. The standard InChI is InChI=1S/C14H21N/c1-10(2)11-4-6-12(7-5-11)14-8-13(14)9-15-3/h4-7,10,13-15H,8-9H2,1-3H3. The van der Waals surface area contributed by atoms with E-state index in [0.29, 0.717) is 5.92 Å². The third-order valence-corrected chi connectivity index (χ3v) is 3.42. The van der Waals surface area contributed by atoms with Crippen LogP contribution in [-0.4, -0.2) is 13.6 Å². The van der Waals surface area contributed by atoms with Crippen molar-refractivity contribution >= 4 is 0 Å². The molecule has 1 aliphatic carbocycles. The minimum absolute atomic E-state index is 0.645. The summed E-state index contributed by atoms with van der Waals surface area (Å²) in [5.74, 6) is 2.34. The highest BCUT2D eigenvalue weighted by atomic mass is 14.8. The van der Waals surface area contributed by atoms with Gasteiger partial charge in [0.1, 0.15) is 0 Å². The molecule has 1 heteroatoms. The van der Waals surface area contributed by atoms with Gasteiger partial charge in [0, 0.05) is 0 Å². The first-order chi connectivity index (χ1) is 7.22. The van der Waals surface area contributed by atoms with E-state index in [0.717, 1.165) is 18.4 Å². The van der Waals surface area contributed by atoms with Crippen LogP contribution in [0.2, 0.25) is 0 Å². The second-order valence-electron chi connectivity index (χ2n) is 4.98. The maximum Gasteiger partial charge on any atom is -0.00175 e. The first kappa shape index (κ1) is 10.7. The normalized spacial score (nSPS) is 24.5. The molecule has 0 aromatic heterocycles. The van der Waals surface area contributed by atoms with E-state index in [1.165, 1.54) is 17.5 Å². The molecule has 1 nitrogen and oxygen atoms in total. The summed E-state index contributed by atoms with van der Waals surface area (Å²) >= 11 is 0. The monoisotopic (exact) mass is 203 g/mol. The summed E-state index contributed by atoms with van der Waals surface area (Å²) in [4.78, 5) is 0. The molecule has 2 rings (SSSR count). The number of nitrogens with one attached hydrogen (secondary N) is 1. The molecule has 0 spiro atoms. The number of hydrogen-bond acceptors (Lipinski definition) is 1. The predicted molar refractivity (Wildman–Crippen MR) is 65.3 cm³/mol. The topological polar surface area (TPSA) is 12.0 Å². The Kier molecular flexibility index (Phi) is 3.11. The molecule has 1 saturated carbocycles. The van der Waals surface area contributed by atoms with Gasteiger partial charge in [-0.25, -0.2) is 0 Å². The summed E-state index contributed by atoms with van der Waals surface area (Å²) in [6.45, 7) is 5.66. The first-order valence-corrected chi connectivity index (χ1v) is 5.97. The van der Waals surface area contributed by atoms with Crippen LogP contribution >= 0.6 is 0 Å². The Hall–Kier alpha value is -0.820. The quantitative estimate of drug-likeness (QED) is 0.792. The lowest BCUT2D eigenvalue weighted by atomic mass is 10.00. The van der Waals surface area contributed by atoms with Crippen molar-refractivity contribution in [3.63, 3.8) is 0 Å². The van der Waals surface area contributed by atoms with Crippen LogP contribution < -0.4 is 5.32 Å². The molecule has 0 bridgehead atoms. The fourth-order valence-electron chi connectivity index (χ4n) is 2.27. The average molecular weight is 203 g/mol. The Morgan fingerprint density at radius 3 is 2.47 bits per heavy atom. The van der Waals surface area contributed by atoms with E-state index in [4.69, 9.17) is 0 Å². The molecule has 1 N–H and O–H groups in total. The average Bonchev–Trinajstić information content (AvgIpc) is 2.98. The van der Waals surface area contributed by atoms with E-state index in [-0.39, 0.29) is 0 Å². The van der Waals surface area contributed by atoms with E-state index in [1.54, 1.807) is 0 Å². The van der Waals surface area contributed by atoms with E-state index >= 15 is 0 Å². The van der Waals surface area contributed by atoms with Crippen molar-refractivity contribution in [2.75, 3.05) is 13.6 Å². The maximum atomic E-state index is 3.26. The highest BCUT2D eigenvalue weighted by Crippen LogP contribution is 2.46. The fourth-order valence-corrected chi connectivity index (χ4v) is 2.27. The van der Waals surface area contributed by atoms with Crippen molar-refractivity contribution in [2.24, 2.45) is 5.92 Å². The summed E-state index contributed by atoms with van der Waals surface area (Å²) in [6, 6.07) is 9.20. The zero-order chi connectivity index (χ0) is 10.8. The van der Waals surface area contributed by atoms with Crippen molar-refractivity contribution in [1.82, 2.24) is 5.32 Å². The molecule has 1 fully saturated rings. The fraction of sp³-hybridized carbons (Fsp3) is 0.571. The van der Waals surface area contributed by atoms with Crippen LogP contribution in [0, 0.1) is 5.92 Å². The molecule has 1 aromatic carbocycles. The van der Waals surface area contributed by atoms with Crippen LogP contribution in [0.1, 0.15) is 43.2 Å². The summed E-state index contributed by atoms with van der Waals surface area (Å²) in [5.41, 5.74) is 2.98. The van der Waals surface area contributed by atoms with Gasteiger partial charge in [-0.2, -0.15) is 0 Å². The number of rotatable bonds is 4. The van der Waals surface area contributed by atoms with Gasteiger partial charge in [-0.1, -0.05) is 38.1 Å². The Morgan fingerprint density at radius 1 is 1.27 bits per heavy atom. The molecule has 15 heavy (non-hydrogen) atoms. The molecule has 0 saturated heterocycles. The summed E-state index contributed by atoms with van der Waals surface area (Å²) in [7, 11) is 2.04. The van der Waals surface area contributed by atoms with E-state index < -0.39 is 0 Å². The zero-order valence-electron chi connectivity index (χ0n) is 9.96. The second-order valence-corrected chi connectivity index (χ2v) is 4.98. The molecular formula is C14H21N. The van der Waals surface area contributed by atoms with Gasteiger partial charge < -0.3 is 5.32 Å². The van der Waals surface area contributed by atoms with Crippen LogP contribution in [0.15, 0.2) is 24.3 Å². The van der Waals surface area contributed by atoms with Crippen molar-refractivity contribution in [2.45, 2.75) is 32.1 Å². The van der Waals surface area contributed by atoms with Gasteiger partial charge in [0.25, 0.3) is 0 Å². The minimum atomic E-state index is 0.645. The Labute approximate surface area is 92.9 Å². The van der Waals surface area contributed by atoms with Gasteiger partial charge in [0.15, 0.2) is 0 Å². The summed E-state index contributed by atoms with van der Waals surface area (Å²) in [6.07, 6.45) is 1.36. The zero-order valence-corrected chi connectivity index (χ0v) is 9.96. The Morgan fingerprint density at radius 2 is 1.93 bits per heavy atom. The van der Waals surface area contributed by atoms with Gasteiger partial charge in [0.05, 0.1) is 0 Å². The number of hydrogen-bond donors (Lipinski definition) is 1. The lowest BCUT2D eigenvalue weighted by Crippen LogP contribution is -2.10. The van der Waals surface area contributed by atoms with Gasteiger partial charge >= 0.3 is 0 Å². The molecule has 0 aliphatic heterocycles. The van der Waals surface area contributed by atoms with Gasteiger partial charge in [-0.15, -0.1) is 0 Å². The van der Waals surface area contributed by atoms with Crippen LogP contribution in [0.5, 0.6) is 0 Å². The maximum absolute atomic E-state index is 3.26. The van der Waals surface area contributed by atoms with Crippen molar-refractivity contribution in [1.29, 1.82) is 0 Å². The third-order valence-electron chi connectivity index (χ3n) is 3.42. The predicted octanol–water partition coefficient (Wildman–Crippen LogP) is 3.13. The Bertz CT molecular complexity index is 313. The van der Waals surface area contributed by atoms with Crippen molar-refractivity contribution in [3.05, 3.63) is 35.4 Å². The minimum Gasteiger partial charge on any atom is -0.319 e. The van der Waals surface area contributed by atoms with Gasteiger partial charge in [-0.05, 0) is 48.9 Å². The lowest BCUT2D eigenvalue weighted by molar-refractivity contribution is 0.698. The molecule has 0 radical (unpaired) electrons. The number of benzene rings is 1. The SMILES string of the molecule is CNCC1CC1c1ccc(C(C)C)cc1. The van der Waals surface area contributed by atoms with Crippen LogP contribution in [-0.2, 0) is 0 Å². The molecule has 0 amide bonds. The van der Waals surface area contributed by atoms with E-state index in [1.807, 2.05) is 7.05 Å². The van der Waals surface area contributed by atoms with Crippen molar-refractivity contribution in [3.8, 4) is 0 Å². The summed E-state index contributed by atoms with van der Waals surface area (Å²) in [5, 5.41) is 3.26. The largest absolute Gasteiger partial charge is 0.319 e. The molecule has 1 aromatic rings. The Balaban J connectivity index is 2.00. The smallest absolute Gasteiger partial charge is 0.00175 e. The van der Waals surface area contributed by atoms with E-state index in [2.05, 4.69) is 43.4 Å². The summed E-state index contributed by atoms with van der Waals surface area (Å²) < 4.78 is 0. The first-order valence-electron chi connectivity index (χ1n) is 5.97. The van der Waals surface area contributed by atoms with Crippen molar-refractivity contribution < 1.29 is 0 Å². The second kappa shape index (κ2) is 4.36. The molecule has 0 heterocycles.